The summed E-state index contributed by atoms with van der Waals surface area (Å²) >= 11 is 0. The van der Waals surface area contributed by atoms with Crippen LogP contribution in [0.4, 0.5) is 0 Å². The van der Waals surface area contributed by atoms with Crippen LogP contribution in [0.5, 0.6) is 0 Å². The van der Waals surface area contributed by atoms with Gasteiger partial charge in [0.15, 0.2) is 5.82 Å². The third-order valence-corrected chi connectivity index (χ3v) is 6.87. The summed E-state index contributed by atoms with van der Waals surface area (Å²) in [6.45, 7) is 8.06. The van der Waals surface area contributed by atoms with E-state index in [0.717, 1.165) is 29.5 Å². The number of aryl methyl sites for hydroxylation is 1. The Kier molecular flexibility index (Phi) is 6.05. The molecule has 1 atom stereocenters. The van der Waals surface area contributed by atoms with Crippen molar-refractivity contribution in [2.24, 2.45) is 11.8 Å². The summed E-state index contributed by atoms with van der Waals surface area (Å²) in [7, 11) is 0. The van der Waals surface area contributed by atoms with E-state index in [1.54, 1.807) is 6.20 Å². The molecule has 2 aromatic heterocycles. The number of morpholine rings is 1. The fraction of sp³-hybridized carbons (Fsp3) is 0.625. The number of pyridine rings is 1. The lowest BCUT2D eigenvalue weighted by molar-refractivity contribution is -0.150. The molecule has 5 rings (SSSR count). The van der Waals surface area contributed by atoms with Gasteiger partial charge in [0, 0.05) is 38.2 Å². The molecule has 7 heteroatoms. The van der Waals surface area contributed by atoms with Gasteiger partial charge in [0.25, 0.3) is 0 Å². The van der Waals surface area contributed by atoms with Crippen LogP contribution in [0.15, 0.2) is 30.7 Å². The molecule has 31 heavy (non-hydrogen) atoms. The van der Waals surface area contributed by atoms with Gasteiger partial charge in [-0.15, -0.1) is 0 Å². The topological polar surface area (TPSA) is 63.5 Å². The van der Waals surface area contributed by atoms with Gasteiger partial charge in [-0.25, -0.2) is 4.98 Å². The number of rotatable bonds is 7. The summed E-state index contributed by atoms with van der Waals surface area (Å²) in [5.41, 5.74) is 1.99. The lowest BCUT2D eigenvalue weighted by Gasteiger charge is -2.38. The van der Waals surface area contributed by atoms with Crippen molar-refractivity contribution < 1.29 is 9.53 Å². The van der Waals surface area contributed by atoms with E-state index in [0.29, 0.717) is 19.0 Å². The standard InChI is InChI=1S/C24H33N5O2/c1-18-2-5-22(26-12-18)24-25-8-11-28(24)15-21-16-29(23(30)17-31-21)14-20-6-9-27(10-7-20)13-19-3-4-19/h2,5,8,11-12,19-21H,3-4,6-7,9-10,13-17H2,1H3. The molecule has 2 aromatic rings. The average Bonchev–Trinajstić information content (AvgIpc) is 3.48. The summed E-state index contributed by atoms with van der Waals surface area (Å²) in [5, 5.41) is 0. The number of hydrogen-bond donors (Lipinski definition) is 0. The molecule has 3 aliphatic rings. The van der Waals surface area contributed by atoms with Gasteiger partial charge < -0.3 is 19.1 Å². The third kappa shape index (κ3) is 5.15. The molecule has 0 bridgehead atoms. The molecule has 1 unspecified atom stereocenters. The second kappa shape index (κ2) is 9.09. The molecule has 0 radical (unpaired) electrons. The van der Waals surface area contributed by atoms with E-state index in [1.165, 1.54) is 45.3 Å². The molecule has 2 aliphatic heterocycles. The van der Waals surface area contributed by atoms with Gasteiger partial charge in [-0.1, -0.05) is 6.07 Å². The lowest BCUT2D eigenvalue weighted by Crippen LogP contribution is -2.50. The lowest BCUT2D eigenvalue weighted by atomic mass is 9.95. The molecule has 1 saturated carbocycles. The van der Waals surface area contributed by atoms with E-state index in [-0.39, 0.29) is 18.6 Å². The Morgan fingerprint density at radius 1 is 1.03 bits per heavy atom. The van der Waals surface area contributed by atoms with Gasteiger partial charge in [0.05, 0.1) is 12.6 Å². The fourth-order valence-electron chi connectivity index (χ4n) is 4.81. The van der Waals surface area contributed by atoms with E-state index >= 15 is 0 Å². The van der Waals surface area contributed by atoms with Crippen molar-refractivity contribution in [3.8, 4) is 11.5 Å². The molecule has 166 valence electrons. The van der Waals surface area contributed by atoms with E-state index in [1.807, 2.05) is 30.3 Å². The highest BCUT2D eigenvalue weighted by atomic mass is 16.5. The second-order valence-corrected chi connectivity index (χ2v) is 9.54. The highest BCUT2D eigenvalue weighted by Gasteiger charge is 2.31. The van der Waals surface area contributed by atoms with Gasteiger partial charge in [-0.2, -0.15) is 0 Å². The van der Waals surface area contributed by atoms with Crippen LogP contribution in [0.3, 0.4) is 0 Å². The predicted molar refractivity (Wildman–Crippen MR) is 118 cm³/mol. The first-order valence-corrected chi connectivity index (χ1v) is 11.7. The summed E-state index contributed by atoms with van der Waals surface area (Å²) in [5.74, 6) is 2.54. The van der Waals surface area contributed by atoms with Crippen molar-refractivity contribution >= 4 is 5.91 Å². The van der Waals surface area contributed by atoms with Crippen molar-refractivity contribution in [2.75, 3.05) is 39.3 Å². The van der Waals surface area contributed by atoms with Gasteiger partial charge >= 0.3 is 0 Å². The zero-order chi connectivity index (χ0) is 21.2. The highest BCUT2D eigenvalue weighted by Crippen LogP contribution is 2.31. The molecule has 0 N–H and O–H groups in total. The number of piperidine rings is 1. The minimum atomic E-state index is -0.0222. The van der Waals surface area contributed by atoms with Crippen molar-refractivity contribution in [1.29, 1.82) is 0 Å². The van der Waals surface area contributed by atoms with Crippen molar-refractivity contribution in [3.05, 3.63) is 36.3 Å². The molecule has 7 nitrogen and oxygen atoms in total. The predicted octanol–water partition coefficient (Wildman–Crippen LogP) is 2.60. The maximum atomic E-state index is 12.5. The van der Waals surface area contributed by atoms with Crippen molar-refractivity contribution in [1.82, 2.24) is 24.3 Å². The maximum Gasteiger partial charge on any atom is 0.248 e. The van der Waals surface area contributed by atoms with Crippen LogP contribution in [0, 0.1) is 18.8 Å². The van der Waals surface area contributed by atoms with Crippen LogP contribution in [0.2, 0.25) is 0 Å². The third-order valence-electron chi connectivity index (χ3n) is 6.87. The molecule has 0 aromatic carbocycles. The Bertz CT molecular complexity index is 884. The van der Waals surface area contributed by atoms with Gasteiger partial charge in [0.2, 0.25) is 5.91 Å². The number of ether oxygens (including phenoxy) is 1. The Morgan fingerprint density at radius 2 is 1.84 bits per heavy atom. The molecule has 3 fully saturated rings. The first kappa shape index (κ1) is 20.6. The number of imidazole rings is 1. The van der Waals surface area contributed by atoms with Gasteiger partial charge in [-0.3, -0.25) is 9.78 Å². The number of likely N-dealkylation sites (tertiary alicyclic amines) is 1. The summed E-state index contributed by atoms with van der Waals surface area (Å²) in [4.78, 5) is 26.2. The molecule has 0 spiro atoms. The van der Waals surface area contributed by atoms with Gasteiger partial charge in [-0.05, 0) is 69.2 Å². The van der Waals surface area contributed by atoms with E-state index in [9.17, 15) is 4.79 Å². The number of hydrogen-bond acceptors (Lipinski definition) is 5. The number of carbonyl (C=O) groups is 1. The monoisotopic (exact) mass is 423 g/mol. The summed E-state index contributed by atoms with van der Waals surface area (Å²) in [6, 6.07) is 4.05. The summed E-state index contributed by atoms with van der Waals surface area (Å²) in [6.07, 6.45) is 10.9. The van der Waals surface area contributed by atoms with Crippen LogP contribution >= 0.6 is 0 Å². The Morgan fingerprint density at radius 3 is 2.58 bits per heavy atom. The first-order chi connectivity index (χ1) is 15.1. The Balaban J connectivity index is 1.16. The molecular formula is C24H33N5O2. The van der Waals surface area contributed by atoms with E-state index < -0.39 is 0 Å². The van der Waals surface area contributed by atoms with Crippen LogP contribution in [-0.2, 0) is 16.1 Å². The molecule has 1 aliphatic carbocycles. The van der Waals surface area contributed by atoms with Crippen LogP contribution in [0.25, 0.3) is 11.5 Å². The van der Waals surface area contributed by atoms with E-state index in [4.69, 9.17) is 4.74 Å². The normalized spacial score (nSPS) is 23.5. The Hall–Kier alpha value is -2.25. The average molecular weight is 424 g/mol. The van der Waals surface area contributed by atoms with Crippen molar-refractivity contribution in [2.45, 2.75) is 45.3 Å². The maximum absolute atomic E-state index is 12.5. The van der Waals surface area contributed by atoms with Crippen LogP contribution in [0.1, 0.15) is 31.2 Å². The molecular weight excluding hydrogens is 390 g/mol. The number of aromatic nitrogens is 3. The Labute approximate surface area is 184 Å². The first-order valence-electron chi connectivity index (χ1n) is 11.7. The highest BCUT2D eigenvalue weighted by molar-refractivity contribution is 5.78. The summed E-state index contributed by atoms with van der Waals surface area (Å²) < 4.78 is 7.98. The minimum Gasteiger partial charge on any atom is -0.365 e. The SMILES string of the molecule is Cc1ccc(-c2nccn2CC2CN(CC3CCN(CC4CC4)CC3)C(=O)CO2)nc1. The number of amides is 1. The minimum absolute atomic E-state index is 0.0222. The number of nitrogens with zero attached hydrogens (tertiary/aromatic N) is 5. The van der Waals surface area contributed by atoms with Gasteiger partial charge in [0.1, 0.15) is 12.3 Å². The quantitative estimate of drug-likeness (QED) is 0.685. The molecule has 4 heterocycles. The molecule has 2 saturated heterocycles. The number of carbonyl (C=O) groups excluding carboxylic acids is 1. The largest absolute Gasteiger partial charge is 0.365 e. The molecule has 1 amide bonds. The fourth-order valence-corrected chi connectivity index (χ4v) is 4.81. The second-order valence-electron chi connectivity index (χ2n) is 9.54. The van der Waals surface area contributed by atoms with E-state index in [2.05, 4.69) is 25.5 Å². The smallest absolute Gasteiger partial charge is 0.248 e. The van der Waals surface area contributed by atoms with Crippen LogP contribution < -0.4 is 0 Å². The van der Waals surface area contributed by atoms with Crippen molar-refractivity contribution in [3.63, 3.8) is 0 Å². The van der Waals surface area contributed by atoms with Crippen LogP contribution in [-0.4, -0.2) is 75.7 Å². The zero-order valence-corrected chi connectivity index (χ0v) is 18.4. The zero-order valence-electron chi connectivity index (χ0n) is 18.4.